The maximum absolute atomic E-state index is 10.8. The van der Waals surface area contributed by atoms with Crippen molar-refractivity contribution in [2.75, 3.05) is 6.61 Å². The Labute approximate surface area is 92.0 Å². The average Bonchev–Trinajstić information content (AvgIpc) is 2.30. The summed E-state index contributed by atoms with van der Waals surface area (Å²) in [7, 11) is 0. The molecule has 0 radical (unpaired) electrons. The van der Waals surface area contributed by atoms with Gasteiger partial charge in [0.05, 0.1) is 29.3 Å². The Balaban J connectivity index is 2.23. The second-order valence-corrected chi connectivity index (χ2v) is 3.74. The standard InChI is InChI=1S/C10H12N2O4/c13-7-1-2-10(16-6-7)8-3-4-11-5-9(8)12(14)15/h3-5,7,10,13H,1-2,6H2. The van der Waals surface area contributed by atoms with Crippen LogP contribution in [0.1, 0.15) is 24.5 Å². The molecule has 1 fully saturated rings. The molecule has 6 heteroatoms. The smallest absolute Gasteiger partial charge is 0.293 e. The van der Waals surface area contributed by atoms with E-state index < -0.39 is 11.0 Å². The van der Waals surface area contributed by atoms with E-state index in [2.05, 4.69) is 4.98 Å². The maximum atomic E-state index is 10.8. The monoisotopic (exact) mass is 224 g/mol. The molecule has 2 heterocycles. The first kappa shape index (κ1) is 11.0. The quantitative estimate of drug-likeness (QED) is 0.602. The van der Waals surface area contributed by atoms with Crippen LogP contribution in [0.25, 0.3) is 0 Å². The van der Waals surface area contributed by atoms with Gasteiger partial charge in [0.2, 0.25) is 0 Å². The van der Waals surface area contributed by atoms with Crippen molar-refractivity contribution in [2.24, 2.45) is 0 Å². The van der Waals surface area contributed by atoms with Gasteiger partial charge in [-0.3, -0.25) is 15.1 Å². The third-order valence-electron chi connectivity index (χ3n) is 2.63. The van der Waals surface area contributed by atoms with E-state index >= 15 is 0 Å². The molecule has 2 atom stereocenters. The fourth-order valence-electron chi connectivity index (χ4n) is 1.80. The summed E-state index contributed by atoms with van der Waals surface area (Å²) < 4.78 is 5.38. The maximum Gasteiger partial charge on any atom is 0.293 e. The van der Waals surface area contributed by atoms with E-state index in [1.54, 1.807) is 6.07 Å². The number of hydrogen-bond acceptors (Lipinski definition) is 5. The number of pyridine rings is 1. The average molecular weight is 224 g/mol. The summed E-state index contributed by atoms with van der Waals surface area (Å²) in [6, 6.07) is 1.60. The molecular weight excluding hydrogens is 212 g/mol. The number of aliphatic hydroxyl groups is 1. The minimum absolute atomic E-state index is 0.0242. The molecule has 1 aromatic heterocycles. The molecule has 6 nitrogen and oxygen atoms in total. The number of aliphatic hydroxyl groups excluding tert-OH is 1. The van der Waals surface area contributed by atoms with Crippen molar-refractivity contribution in [1.82, 2.24) is 4.98 Å². The molecule has 0 bridgehead atoms. The number of nitrogens with zero attached hydrogens (tertiary/aromatic N) is 2. The van der Waals surface area contributed by atoms with Crippen molar-refractivity contribution in [3.05, 3.63) is 34.1 Å². The van der Waals surface area contributed by atoms with E-state index in [1.165, 1.54) is 12.4 Å². The van der Waals surface area contributed by atoms with Crippen LogP contribution in [0.3, 0.4) is 0 Å². The van der Waals surface area contributed by atoms with Crippen molar-refractivity contribution in [2.45, 2.75) is 25.0 Å². The van der Waals surface area contributed by atoms with Gasteiger partial charge in [0, 0.05) is 6.20 Å². The van der Waals surface area contributed by atoms with Crippen LogP contribution in [0.2, 0.25) is 0 Å². The molecule has 1 aromatic rings. The topological polar surface area (TPSA) is 85.5 Å². The first-order valence-electron chi connectivity index (χ1n) is 5.06. The van der Waals surface area contributed by atoms with Crippen LogP contribution in [0.5, 0.6) is 0 Å². The van der Waals surface area contributed by atoms with Gasteiger partial charge in [-0.05, 0) is 18.9 Å². The highest BCUT2D eigenvalue weighted by Gasteiger charge is 2.27. The summed E-state index contributed by atoms with van der Waals surface area (Å²) in [6.45, 7) is 0.226. The van der Waals surface area contributed by atoms with E-state index in [0.717, 1.165) is 0 Å². The van der Waals surface area contributed by atoms with Crippen LogP contribution in [0, 0.1) is 10.1 Å². The Morgan fingerprint density at radius 3 is 3.00 bits per heavy atom. The molecule has 2 unspecified atom stereocenters. The van der Waals surface area contributed by atoms with Crippen LogP contribution < -0.4 is 0 Å². The van der Waals surface area contributed by atoms with Crippen molar-refractivity contribution < 1.29 is 14.8 Å². The highest BCUT2D eigenvalue weighted by Crippen LogP contribution is 2.32. The van der Waals surface area contributed by atoms with Crippen molar-refractivity contribution in [3.63, 3.8) is 0 Å². The normalized spacial score (nSPS) is 25.3. The summed E-state index contributed by atoms with van der Waals surface area (Å²) in [4.78, 5) is 14.1. The molecule has 1 saturated heterocycles. The molecule has 1 aliphatic heterocycles. The molecule has 0 saturated carbocycles. The lowest BCUT2D eigenvalue weighted by Crippen LogP contribution is -2.24. The first-order valence-corrected chi connectivity index (χ1v) is 5.06. The molecule has 1 aliphatic rings. The Kier molecular flexibility index (Phi) is 3.12. The predicted molar refractivity (Wildman–Crippen MR) is 54.8 cm³/mol. The molecule has 0 aromatic carbocycles. The molecule has 86 valence electrons. The molecule has 1 N–H and O–H groups in total. The van der Waals surface area contributed by atoms with E-state index in [-0.39, 0.29) is 18.4 Å². The second kappa shape index (κ2) is 4.54. The SMILES string of the molecule is O=[N+]([O-])c1cnccc1C1CCC(O)CO1. The zero-order chi connectivity index (χ0) is 11.5. The zero-order valence-electron chi connectivity index (χ0n) is 8.57. The van der Waals surface area contributed by atoms with Gasteiger partial charge in [0.1, 0.15) is 6.20 Å². The Morgan fingerprint density at radius 1 is 1.56 bits per heavy atom. The number of hydrogen-bond donors (Lipinski definition) is 1. The van der Waals surface area contributed by atoms with Gasteiger partial charge in [0.15, 0.2) is 0 Å². The summed E-state index contributed by atoms with van der Waals surface area (Å²) in [5.74, 6) is 0. The van der Waals surface area contributed by atoms with Gasteiger partial charge in [-0.2, -0.15) is 0 Å². The minimum Gasteiger partial charge on any atom is -0.391 e. The lowest BCUT2D eigenvalue weighted by molar-refractivity contribution is -0.386. The minimum atomic E-state index is -0.462. The van der Waals surface area contributed by atoms with Crippen LogP contribution in [0.4, 0.5) is 5.69 Å². The Morgan fingerprint density at radius 2 is 2.38 bits per heavy atom. The Bertz CT molecular complexity index is 388. The predicted octanol–water partition coefficient (Wildman–Crippen LogP) is 1.20. The molecule has 0 aliphatic carbocycles. The van der Waals surface area contributed by atoms with Crippen LogP contribution in [-0.4, -0.2) is 27.7 Å². The Hall–Kier alpha value is -1.53. The summed E-state index contributed by atoms with van der Waals surface area (Å²) in [6.07, 6.45) is 3.15. The number of rotatable bonds is 2. The van der Waals surface area contributed by atoms with Gasteiger partial charge in [-0.25, -0.2) is 0 Å². The van der Waals surface area contributed by atoms with Crippen LogP contribution in [-0.2, 0) is 4.74 Å². The molecule has 0 spiro atoms. The third-order valence-corrected chi connectivity index (χ3v) is 2.63. The van der Waals surface area contributed by atoms with E-state index in [0.29, 0.717) is 18.4 Å². The van der Waals surface area contributed by atoms with Crippen LogP contribution in [0.15, 0.2) is 18.5 Å². The lowest BCUT2D eigenvalue weighted by atomic mass is 10.00. The van der Waals surface area contributed by atoms with E-state index in [1.807, 2.05) is 0 Å². The second-order valence-electron chi connectivity index (χ2n) is 3.74. The van der Waals surface area contributed by atoms with Gasteiger partial charge < -0.3 is 9.84 Å². The summed E-state index contributed by atoms with van der Waals surface area (Å²) in [5, 5.41) is 20.1. The highest BCUT2D eigenvalue weighted by atomic mass is 16.6. The van der Waals surface area contributed by atoms with Crippen LogP contribution >= 0.6 is 0 Å². The third kappa shape index (κ3) is 2.17. The first-order chi connectivity index (χ1) is 7.68. The molecule has 0 amide bonds. The summed E-state index contributed by atoms with van der Waals surface area (Å²) in [5.41, 5.74) is 0.510. The number of nitro groups is 1. The molecule has 2 rings (SSSR count). The highest BCUT2D eigenvalue weighted by molar-refractivity contribution is 5.38. The van der Waals surface area contributed by atoms with Crippen molar-refractivity contribution in [1.29, 1.82) is 0 Å². The molecular formula is C10H12N2O4. The van der Waals surface area contributed by atoms with E-state index in [9.17, 15) is 15.2 Å². The lowest BCUT2D eigenvalue weighted by Gasteiger charge is -2.25. The fraction of sp³-hybridized carbons (Fsp3) is 0.500. The fourth-order valence-corrected chi connectivity index (χ4v) is 1.80. The van der Waals surface area contributed by atoms with Crippen molar-refractivity contribution >= 4 is 5.69 Å². The van der Waals surface area contributed by atoms with Gasteiger partial charge in [0.25, 0.3) is 5.69 Å². The van der Waals surface area contributed by atoms with Gasteiger partial charge in [-0.1, -0.05) is 0 Å². The summed E-state index contributed by atoms with van der Waals surface area (Å²) >= 11 is 0. The van der Waals surface area contributed by atoms with E-state index in [4.69, 9.17) is 4.74 Å². The van der Waals surface area contributed by atoms with Gasteiger partial charge >= 0.3 is 0 Å². The van der Waals surface area contributed by atoms with Crippen molar-refractivity contribution in [3.8, 4) is 0 Å². The molecule has 16 heavy (non-hydrogen) atoms. The zero-order valence-corrected chi connectivity index (χ0v) is 8.57. The van der Waals surface area contributed by atoms with Gasteiger partial charge in [-0.15, -0.1) is 0 Å². The number of aromatic nitrogens is 1. The number of ether oxygens (including phenoxy) is 1. The largest absolute Gasteiger partial charge is 0.391 e.